The highest BCUT2D eigenvalue weighted by Gasteiger charge is 2.19. The summed E-state index contributed by atoms with van der Waals surface area (Å²) in [5, 5.41) is 1.98. The van der Waals surface area contributed by atoms with Crippen LogP contribution in [0.3, 0.4) is 0 Å². The second-order valence-corrected chi connectivity index (χ2v) is 6.81. The first-order chi connectivity index (χ1) is 11.2. The molecule has 6 nitrogen and oxygen atoms in total. The Morgan fingerprint density at radius 1 is 1.17 bits per heavy atom. The van der Waals surface area contributed by atoms with Crippen LogP contribution in [0.25, 0.3) is 0 Å². The van der Waals surface area contributed by atoms with E-state index in [0.29, 0.717) is 5.75 Å². The third-order valence-corrected chi connectivity index (χ3v) is 4.78. The van der Waals surface area contributed by atoms with Crippen LogP contribution in [0.4, 0.5) is 15.8 Å². The van der Waals surface area contributed by atoms with Crippen LogP contribution < -0.4 is 14.8 Å². The molecule has 0 atom stereocenters. The summed E-state index contributed by atoms with van der Waals surface area (Å²) < 4.78 is 45.7. The molecule has 0 fully saturated rings. The highest BCUT2D eigenvalue weighted by molar-refractivity contribution is 7.92. The molecule has 0 aliphatic heterocycles. The number of sulfonamides is 1. The van der Waals surface area contributed by atoms with Gasteiger partial charge in [-0.1, -0.05) is 11.6 Å². The zero-order valence-corrected chi connectivity index (χ0v) is 14.3. The molecule has 0 unspecified atom stereocenters. The maximum absolute atomic E-state index is 13.7. The molecule has 1 amide bonds. The molecular weight excluding hydrogens is 359 g/mol. The maximum Gasteiger partial charge on any atom is 0.261 e. The number of carbonyl (C=O) groups excluding carboxylic acids is 1. The first kappa shape index (κ1) is 18.0. The van der Waals surface area contributed by atoms with Crippen molar-refractivity contribution in [2.75, 3.05) is 17.1 Å². The molecule has 2 aromatic carbocycles. The Balaban J connectivity index is 2.37. The first-order valence-corrected chi connectivity index (χ1v) is 8.53. The van der Waals surface area contributed by atoms with Crippen molar-refractivity contribution in [2.24, 2.45) is 0 Å². The van der Waals surface area contributed by atoms with Gasteiger partial charge in [-0.3, -0.25) is 9.52 Å². The summed E-state index contributed by atoms with van der Waals surface area (Å²) in [4.78, 5) is 11.1. The van der Waals surface area contributed by atoms with Gasteiger partial charge >= 0.3 is 0 Å². The molecule has 0 bridgehead atoms. The number of methoxy groups -OCH3 is 1. The summed E-state index contributed by atoms with van der Waals surface area (Å²) in [7, 11) is -2.48. The van der Waals surface area contributed by atoms with Crippen LogP contribution in [0, 0.1) is 5.82 Å². The van der Waals surface area contributed by atoms with Gasteiger partial charge in [0.25, 0.3) is 10.0 Å². The lowest BCUT2D eigenvalue weighted by atomic mass is 10.2. The zero-order chi connectivity index (χ0) is 17.9. The lowest BCUT2D eigenvalue weighted by Gasteiger charge is -2.13. The number of hydrogen-bond donors (Lipinski definition) is 2. The van der Waals surface area contributed by atoms with Crippen LogP contribution in [-0.2, 0) is 14.8 Å². The summed E-state index contributed by atoms with van der Waals surface area (Å²) in [5.41, 5.74) is -0.350. The molecule has 2 rings (SSSR count). The number of carbonyl (C=O) groups is 1. The van der Waals surface area contributed by atoms with E-state index in [1.807, 2.05) is 0 Å². The van der Waals surface area contributed by atoms with Crippen LogP contribution in [0.5, 0.6) is 5.75 Å². The van der Waals surface area contributed by atoms with E-state index in [-0.39, 0.29) is 21.3 Å². The van der Waals surface area contributed by atoms with Crippen LogP contribution in [0.15, 0.2) is 41.3 Å². The lowest BCUT2D eigenvalue weighted by molar-refractivity contribution is -0.114. The topological polar surface area (TPSA) is 84.5 Å². The molecule has 0 saturated carbocycles. The summed E-state index contributed by atoms with van der Waals surface area (Å²) in [6.07, 6.45) is 0. The minimum Gasteiger partial charge on any atom is -0.497 e. The maximum atomic E-state index is 13.7. The number of nitrogens with one attached hydrogen (secondary N) is 2. The van der Waals surface area contributed by atoms with Crippen molar-refractivity contribution in [2.45, 2.75) is 11.8 Å². The molecule has 0 spiro atoms. The Bertz CT molecular complexity index is 870. The fourth-order valence-corrected chi connectivity index (χ4v) is 3.26. The van der Waals surface area contributed by atoms with Gasteiger partial charge in [0.15, 0.2) is 0 Å². The lowest BCUT2D eigenvalue weighted by Crippen LogP contribution is -2.15. The molecular formula is C15H14ClFN2O4S. The van der Waals surface area contributed by atoms with Gasteiger partial charge in [-0.15, -0.1) is 0 Å². The largest absolute Gasteiger partial charge is 0.497 e. The monoisotopic (exact) mass is 372 g/mol. The molecule has 2 N–H and O–H groups in total. The normalized spacial score (nSPS) is 11.0. The Hall–Kier alpha value is -2.32. The van der Waals surface area contributed by atoms with Crippen molar-refractivity contribution in [3.8, 4) is 5.75 Å². The number of rotatable bonds is 5. The van der Waals surface area contributed by atoms with E-state index >= 15 is 0 Å². The van der Waals surface area contributed by atoms with Crippen molar-refractivity contribution in [3.05, 3.63) is 47.2 Å². The standard InChI is InChI=1S/C15H14ClFN2O4S/c1-9(20)18-15-12(17)7-8-13(14(15)16)19-24(21,22)11-5-3-10(23-2)4-6-11/h3-8,19H,1-2H3,(H,18,20). The Morgan fingerprint density at radius 2 is 1.79 bits per heavy atom. The predicted octanol–water partition coefficient (Wildman–Crippen LogP) is 3.25. The highest BCUT2D eigenvalue weighted by atomic mass is 35.5. The third-order valence-electron chi connectivity index (χ3n) is 3.01. The molecule has 0 radical (unpaired) electrons. The molecule has 0 aromatic heterocycles. The van der Waals surface area contributed by atoms with E-state index in [0.717, 1.165) is 6.07 Å². The fraction of sp³-hybridized carbons (Fsp3) is 0.133. The molecule has 0 heterocycles. The number of ether oxygens (including phenoxy) is 1. The summed E-state index contributed by atoms with van der Waals surface area (Å²) >= 11 is 6.00. The van der Waals surface area contributed by atoms with Crippen molar-refractivity contribution < 1.29 is 22.3 Å². The van der Waals surface area contributed by atoms with Crippen LogP contribution in [-0.4, -0.2) is 21.4 Å². The Morgan fingerprint density at radius 3 is 2.33 bits per heavy atom. The van der Waals surface area contributed by atoms with Crippen molar-refractivity contribution in [1.82, 2.24) is 0 Å². The van der Waals surface area contributed by atoms with E-state index < -0.39 is 21.7 Å². The molecule has 9 heteroatoms. The van der Waals surface area contributed by atoms with Crippen LogP contribution in [0.1, 0.15) is 6.92 Å². The molecule has 128 valence electrons. The molecule has 2 aromatic rings. The molecule has 0 aliphatic carbocycles. The molecule has 24 heavy (non-hydrogen) atoms. The fourth-order valence-electron chi connectivity index (χ4n) is 1.88. The van der Waals surface area contributed by atoms with Gasteiger partial charge in [0, 0.05) is 6.92 Å². The average molecular weight is 373 g/mol. The third kappa shape index (κ3) is 3.95. The average Bonchev–Trinajstić information content (AvgIpc) is 2.54. The number of anilines is 2. The van der Waals surface area contributed by atoms with E-state index in [1.165, 1.54) is 44.4 Å². The Kier molecular flexibility index (Phi) is 5.30. The minimum atomic E-state index is -3.94. The van der Waals surface area contributed by atoms with Crippen molar-refractivity contribution >= 4 is 38.9 Å². The van der Waals surface area contributed by atoms with Crippen molar-refractivity contribution in [3.63, 3.8) is 0 Å². The SMILES string of the molecule is COc1ccc(S(=O)(=O)Nc2ccc(F)c(NC(C)=O)c2Cl)cc1. The van der Waals surface area contributed by atoms with Gasteiger partial charge in [0.1, 0.15) is 11.6 Å². The van der Waals surface area contributed by atoms with Gasteiger partial charge < -0.3 is 10.1 Å². The zero-order valence-electron chi connectivity index (χ0n) is 12.8. The van der Waals surface area contributed by atoms with Crippen LogP contribution in [0.2, 0.25) is 5.02 Å². The number of halogens is 2. The number of hydrogen-bond acceptors (Lipinski definition) is 4. The quantitative estimate of drug-likeness (QED) is 0.843. The molecule has 0 aliphatic rings. The van der Waals surface area contributed by atoms with Gasteiger partial charge in [-0.25, -0.2) is 12.8 Å². The summed E-state index contributed by atoms with van der Waals surface area (Å²) in [6.45, 7) is 1.18. The van der Waals surface area contributed by atoms with Gasteiger partial charge in [-0.2, -0.15) is 0 Å². The summed E-state index contributed by atoms with van der Waals surface area (Å²) in [5.74, 6) is -0.810. The Labute approximate surface area is 143 Å². The first-order valence-electron chi connectivity index (χ1n) is 6.67. The van der Waals surface area contributed by atoms with E-state index in [4.69, 9.17) is 16.3 Å². The van der Waals surface area contributed by atoms with Crippen LogP contribution >= 0.6 is 11.6 Å². The van der Waals surface area contributed by atoms with E-state index in [2.05, 4.69) is 10.0 Å². The number of amides is 1. The van der Waals surface area contributed by atoms with Gasteiger partial charge in [-0.05, 0) is 36.4 Å². The highest BCUT2D eigenvalue weighted by Crippen LogP contribution is 2.34. The number of benzene rings is 2. The second kappa shape index (κ2) is 7.06. The minimum absolute atomic E-state index is 0.0234. The second-order valence-electron chi connectivity index (χ2n) is 4.75. The molecule has 0 saturated heterocycles. The van der Waals surface area contributed by atoms with E-state index in [1.54, 1.807) is 0 Å². The predicted molar refractivity (Wildman–Crippen MR) is 89.5 cm³/mol. The summed E-state index contributed by atoms with van der Waals surface area (Å²) in [6, 6.07) is 7.86. The van der Waals surface area contributed by atoms with Crippen molar-refractivity contribution in [1.29, 1.82) is 0 Å². The van der Waals surface area contributed by atoms with Gasteiger partial charge in [0.05, 0.1) is 28.4 Å². The van der Waals surface area contributed by atoms with Gasteiger partial charge in [0.2, 0.25) is 5.91 Å². The van der Waals surface area contributed by atoms with E-state index in [9.17, 15) is 17.6 Å². The smallest absolute Gasteiger partial charge is 0.261 e.